The van der Waals surface area contributed by atoms with Gasteiger partial charge in [0.1, 0.15) is 0 Å². The Labute approximate surface area is 139 Å². The van der Waals surface area contributed by atoms with E-state index >= 15 is 0 Å². The number of carbonyl (C=O) groups is 2. The molecule has 2 aromatic rings. The van der Waals surface area contributed by atoms with Gasteiger partial charge in [-0.2, -0.15) is 5.26 Å². The molecule has 0 heterocycles. The molecule has 116 valence electrons. The second-order valence-electron chi connectivity index (χ2n) is 5.04. The summed E-state index contributed by atoms with van der Waals surface area (Å²) in [7, 11) is 3.24. The normalized spacial score (nSPS) is 9.83. The third-order valence-electron chi connectivity index (χ3n) is 3.11. The van der Waals surface area contributed by atoms with Gasteiger partial charge in [0.25, 0.3) is 11.8 Å². The van der Waals surface area contributed by atoms with Crippen molar-refractivity contribution in [3.05, 3.63) is 64.2 Å². The average molecular weight is 328 g/mol. The summed E-state index contributed by atoms with van der Waals surface area (Å²) < 4.78 is 0. The number of rotatable bonds is 3. The summed E-state index contributed by atoms with van der Waals surface area (Å²) in [6, 6.07) is 13.0. The SMILES string of the molecule is CN(C)C(=O)c1cc(NC(=O)c2cccc(C#N)c2)ccc1Cl. The Bertz CT molecular complexity index is 810. The van der Waals surface area contributed by atoms with Crippen LogP contribution in [0.2, 0.25) is 5.02 Å². The molecule has 0 atom stereocenters. The summed E-state index contributed by atoms with van der Waals surface area (Å²) in [5.41, 5.74) is 1.52. The maximum Gasteiger partial charge on any atom is 0.255 e. The van der Waals surface area contributed by atoms with Gasteiger partial charge >= 0.3 is 0 Å². The van der Waals surface area contributed by atoms with E-state index in [1.54, 1.807) is 44.4 Å². The molecular weight excluding hydrogens is 314 g/mol. The standard InChI is InChI=1S/C17H14ClN3O2/c1-21(2)17(23)14-9-13(6-7-15(14)18)20-16(22)12-5-3-4-11(8-12)10-19/h3-9H,1-2H3,(H,20,22). The minimum Gasteiger partial charge on any atom is -0.345 e. The van der Waals surface area contributed by atoms with Crippen LogP contribution in [-0.4, -0.2) is 30.8 Å². The van der Waals surface area contributed by atoms with E-state index in [9.17, 15) is 9.59 Å². The lowest BCUT2D eigenvalue weighted by Crippen LogP contribution is -2.22. The number of halogens is 1. The second kappa shape index (κ2) is 6.95. The predicted octanol–water partition coefficient (Wildman–Crippen LogP) is 3.17. The van der Waals surface area contributed by atoms with Crippen molar-refractivity contribution in [3.63, 3.8) is 0 Å². The van der Waals surface area contributed by atoms with E-state index in [4.69, 9.17) is 16.9 Å². The van der Waals surface area contributed by atoms with Gasteiger partial charge in [-0.3, -0.25) is 9.59 Å². The predicted molar refractivity (Wildman–Crippen MR) is 88.6 cm³/mol. The molecule has 1 N–H and O–H groups in total. The first-order chi connectivity index (χ1) is 10.9. The number of anilines is 1. The molecule has 2 amide bonds. The van der Waals surface area contributed by atoms with Gasteiger partial charge in [0, 0.05) is 25.3 Å². The van der Waals surface area contributed by atoms with Crippen molar-refractivity contribution in [1.82, 2.24) is 4.90 Å². The number of carbonyl (C=O) groups excluding carboxylic acids is 2. The van der Waals surface area contributed by atoms with Crippen molar-refractivity contribution in [2.75, 3.05) is 19.4 Å². The van der Waals surface area contributed by atoms with Gasteiger partial charge in [-0.15, -0.1) is 0 Å². The molecule has 0 bridgehead atoms. The fraction of sp³-hybridized carbons (Fsp3) is 0.118. The van der Waals surface area contributed by atoms with E-state index in [2.05, 4.69) is 5.32 Å². The van der Waals surface area contributed by atoms with Crippen LogP contribution in [-0.2, 0) is 0 Å². The van der Waals surface area contributed by atoms with Gasteiger partial charge in [0.2, 0.25) is 0 Å². The summed E-state index contributed by atoms with van der Waals surface area (Å²) in [4.78, 5) is 25.7. The first kappa shape index (κ1) is 16.5. The molecule has 0 aliphatic carbocycles. The summed E-state index contributed by atoms with van der Waals surface area (Å²) >= 11 is 6.03. The largest absolute Gasteiger partial charge is 0.345 e. The fourth-order valence-corrected chi connectivity index (χ4v) is 2.14. The van der Waals surface area contributed by atoms with Crippen molar-refractivity contribution in [2.45, 2.75) is 0 Å². The molecule has 0 aliphatic heterocycles. The highest BCUT2D eigenvalue weighted by Gasteiger charge is 2.14. The van der Waals surface area contributed by atoms with Crippen LogP contribution < -0.4 is 5.32 Å². The molecule has 0 spiro atoms. The lowest BCUT2D eigenvalue weighted by Gasteiger charge is -2.13. The Hall–Kier alpha value is -2.84. The van der Waals surface area contributed by atoms with Crippen LogP contribution in [0.3, 0.4) is 0 Å². The topological polar surface area (TPSA) is 73.2 Å². The summed E-state index contributed by atoms with van der Waals surface area (Å²) in [5.74, 6) is -0.620. The van der Waals surface area contributed by atoms with Crippen LogP contribution in [0.4, 0.5) is 5.69 Å². The van der Waals surface area contributed by atoms with Crippen LogP contribution in [0.1, 0.15) is 26.3 Å². The maximum absolute atomic E-state index is 12.2. The number of hydrogen-bond donors (Lipinski definition) is 1. The van der Waals surface area contributed by atoms with Crippen LogP contribution in [0.15, 0.2) is 42.5 Å². The third-order valence-corrected chi connectivity index (χ3v) is 3.44. The van der Waals surface area contributed by atoms with E-state index in [0.717, 1.165) is 0 Å². The number of benzene rings is 2. The van der Waals surface area contributed by atoms with Gasteiger partial charge in [-0.25, -0.2) is 0 Å². The van der Waals surface area contributed by atoms with Crippen molar-refractivity contribution < 1.29 is 9.59 Å². The first-order valence-electron chi connectivity index (χ1n) is 6.75. The average Bonchev–Trinajstić information content (AvgIpc) is 2.55. The molecule has 0 radical (unpaired) electrons. The lowest BCUT2D eigenvalue weighted by atomic mass is 10.1. The number of hydrogen-bond acceptors (Lipinski definition) is 3. The number of nitrogens with zero attached hydrogens (tertiary/aromatic N) is 2. The quantitative estimate of drug-likeness (QED) is 0.941. The Kier molecular flexibility index (Phi) is 4.99. The molecule has 0 unspecified atom stereocenters. The van der Waals surface area contributed by atoms with Crippen molar-refractivity contribution in [1.29, 1.82) is 5.26 Å². The molecule has 6 heteroatoms. The van der Waals surface area contributed by atoms with Gasteiger partial charge in [-0.1, -0.05) is 17.7 Å². The number of nitrogens with one attached hydrogen (secondary N) is 1. The highest BCUT2D eigenvalue weighted by molar-refractivity contribution is 6.34. The van der Waals surface area contributed by atoms with Crippen LogP contribution in [0, 0.1) is 11.3 Å². The van der Waals surface area contributed by atoms with E-state index in [1.165, 1.54) is 17.0 Å². The molecule has 0 aliphatic rings. The summed E-state index contributed by atoms with van der Waals surface area (Å²) in [6.45, 7) is 0. The Morgan fingerprint density at radius 3 is 2.57 bits per heavy atom. The van der Waals surface area contributed by atoms with E-state index in [1.807, 2.05) is 6.07 Å². The number of amides is 2. The van der Waals surface area contributed by atoms with Crippen LogP contribution >= 0.6 is 11.6 Å². The Morgan fingerprint density at radius 2 is 1.91 bits per heavy atom. The maximum atomic E-state index is 12.2. The van der Waals surface area contributed by atoms with E-state index in [0.29, 0.717) is 27.4 Å². The molecule has 23 heavy (non-hydrogen) atoms. The highest BCUT2D eigenvalue weighted by Crippen LogP contribution is 2.22. The molecule has 0 fully saturated rings. The van der Waals surface area contributed by atoms with Crippen LogP contribution in [0.5, 0.6) is 0 Å². The molecule has 2 aromatic carbocycles. The second-order valence-corrected chi connectivity index (χ2v) is 5.45. The highest BCUT2D eigenvalue weighted by atomic mass is 35.5. The summed E-state index contributed by atoms with van der Waals surface area (Å²) in [5, 5.41) is 11.9. The van der Waals surface area contributed by atoms with Gasteiger partial charge in [0.15, 0.2) is 0 Å². The minimum absolute atomic E-state index is 0.252. The van der Waals surface area contributed by atoms with Crippen LogP contribution in [0.25, 0.3) is 0 Å². The zero-order valence-electron chi connectivity index (χ0n) is 12.6. The molecule has 2 rings (SSSR count). The minimum atomic E-state index is -0.368. The molecule has 0 saturated carbocycles. The van der Waals surface area contributed by atoms with Gasteiger partial charge in [-0.05, 0) is 36.4 Å². The molecule has 0 saturated heterocycles. The first-order valence-corrected chi connectivity index (χ1v) is 7.13. The zero-order valence-corrected chi connectivity index (χ0v) is 13.4. The molecule has 0 aromatic heterocycles. The third kappa shape index (κ3) is 3.87. The van der Waals surface area contributed by atoms with E-state index < -0.39 is 0 Å². The summed E-state index contributed by atoms with van der Waals surface area (Å²) in [6.07, 6.45) is 0. The van der Waals surface area contributed by atoms with Crippen molar-refractivity contribution >= 4 is 29.1 Å². The number of nitriles is 1. The Balaban J connectivity index is 2.26. The smallest absolute Gasteiger partial charge is 0.255 e. The zero-order chi connectivity index (χ0) is 17.0. The molecular formula is C17H14ClN3O2. The monoisotopic (exact) mass is 327 g/mol. The van der Waals surface area contributed by atoms with Gasteiger partial charge in [0.05, 0.1) is 22.2 Å². The molecule has 5 nitrogen and oxygen atoms in total. The van der Waals surface area contributed by atoms with E-state index in [-0.39, 0.29) is 11.8 Å². The Morgan fingerprint density at radius 1 is 1.17 bits per heavy atom. The lowest BCUT2D eigenvalue weighted by molar-refractivity contribution is 0.0827. The van der Waals surface area contributed by atoms with Crippen molar-refractivity contribution in [2.24, 2.45) is 0 Å². The fourth-order valence-electron chi connectivity index (χ4n) is 1.94. The van der Waals surface area contributed by atoms with Gasteiger partial charge < -0.3 is 10.2 Å². The van der Waals surface area contributed by atoms with Crippen molar-refractivity contribution in [3.8, 4) is 6.07 Å².